The molecule has 27 heavy (non-hydrogen) atoms. The number of hydrogen-bond donors (Lipinski definition) is 2. The highest BCUT2D eigenvalue weighted by atomic mass is 16.3. The highest BCUT2D eigenvalue weighted by Crippen LogP contribution is 2.21. The Morgan fingerprint density at radius 3 is 2.11 bits per heavy atom. The predicted octanol–water partition coefficient (Wildman–Crippen LogP) is 5.16. The fraction of sp³-hybridized carbons (Fsp3) is 0.143. The van der Waals surface area contributed by atoms with Crippen molar-refractivity contribution < 1.29 is 14.7 Å². The van der Waals surface area contributed by atoms with Crippen molar-refractivity contribution >= 4 is 28.6 Å². The number of carbonyl (C=O) groups is 2. The molecule has 0 atom stereocenters. The van der Waals surface area contributed by atoms with Crippen LogP contribution in [-0.4, -0.2) is 16.7 Å². The van der Waals surface area contributed by atoms with E-state index in [2.05, 4.69) is 15.5 Å². The largest absolute Gasteiger partial charge is 0.507 e. The molecule has 6 nitrogen and oxygen atoms in total. The molecule has 0 unspecified atom stereocenters. The number of Topliss-reactive ketones (excluding diaryl/α,β-unsaturated/α-hetero) is 2. The molecule has 2 aromatic rings. The fourth-order valence-electron chi connectivity index (χ4n) is 2.64. The molecule has 2 N–H and O–H groups in total. The Bertz CT molecular complexity index is 895. The van der Waals surface area contributed by atoms with E-state index in [1.807, 2.05) is 42.5 Å². The molecule has 2 aromatic carbocycles. The van der Waals surface area contributed by atoms with Gasteiger partial charge in [-0.1, -0.05) is 18.2 Å². The Kier molecular flexibility index (Phi) is 5.89. The molecule has 0 aromatic heterocycles. The zero-order chi connectivity index (χ0) is 19.1. The van der Waals surface area contributed by atoms with Gasteiger partial charge in [-0.3, -0.25) is 9.59 Å². The summed E-state index contributed by atoms with van der Waals surface area (Å²) < 4.78 is 0. The summed E-state index contributed by atoms with van der Waals surface area (Å²) >= 11 is 0. The minimum absolute atomic E-state index is 0.101. The maximum Gasteiger partial charge on any atom is 0.170 e. The Morgan fingerprint density at radius 1 is 0.889 bits per heavy atom. The van der Waals surface area contributed by atoms with E-state index in [1.54, 1.807) is 12.1 Å². The summed E-state index contributed by atoms with van der Waals surface area (Å²) in [5.74, 6) is -0.909. The van der Waals surface area contributed by atoms with E-state index < -0.39 is 0 Å². The second kappa shape index (κ2) is 8.71. The van der Waals surface area contributed by atoms with Gasteiger partial charge in [-0.15, -0.1) is 0 Å². The van der Waals surface area contributed by atoms with Crippen LogP contribution in [0.25, 0.3) is 0 Å². The van der Waals surface area contributed by atoms with Crippen LogP contribution in [0.3, 0.4) is 0 Å². The van der Waals surface area contributed by atoms with Gasteiger partial charge in [0.1, 0.15) is 11.3 Å². The number of nitrogens with one attached hydrogen (secondary N) is 1. The van der Waals surface area contributed by atoms with Gasteiger partial charge in [0.05, 0.1) is 11.4 Å². The van der Waals surface area contributed by atoms with Crippen LogP contribution in [0, 0.1) is 0 Å². The summed E-state index contributed by atoms with van der Waals surface area (Å²) in [6.45, 7) is 0. The highest BCUT2D eigenvalue weighted by Gasteiger charge is 2.25. The molecule has 0 aliphatic heterocycles. The number of benzene rings is 2. The van der Waals surface area contributed by atoms with E-state index in [-0.39, 0.29) is 22.9 Å². The average Bonchev–Trinajstić information content (AvgIpc) is 2.68. The van der Waals surface area contributed by atoms with Crippen molar-refractivity contribution in [1.29, 1.82) is 0 Å². The maximum absolute atomic E-state index is 11.8. The van der Waals surface area contributed by atoms with E-state index in [0.717, 1.165) is 11.4 Å². The number of allylic oxidation sites excluding steroid dienone is 2. The molecule has 136 valence electrons. The van der Waals surface area contributed by atoms with Crippen LogP contribution in [0.1, 0.15) is 19.3 Å². The monoisotopic (exact) mass is 361 g/mol. The second-order valence-electron chi connectivity index (χ2n) is 6.02. The van der Waals surface area contributed by atoms with Crippen LogP contribution in [0.2, 0.25) is 0 Å². The summed E-state index contributed by atoms with van der Waals surface area (Å²) in [6.07, 6.45) is 3.94. The van der Waals surface area contributed by atoms with Crippen LogP contribution in [0.5, 0.6) is 0 Å². The smallest absolute Gasteiger partial charge is 0.170 e. The topological polar surface area (TPSA) is 91.1 Å². The number of hydrogen-bond acceptors (Lipinski definition) is 6. The van der Waals surface area contributed by atoms with Gasteiger partial charge in [-0.25, -0.2) is 0 Å². The van der Waals surface area contributed by atoms with Crippen molar-refractivity contribution in [3.05, 3.63) is 78.2 Å². The van der Waals surface area contributed by atoms with Crippen molar-refractivity contribution in [2.75, 3.05) is 5.32 Å². The Balaban J connectivity index is 1.61. The fourth-order valence-corrected chi connectivity index (χ4v) is 2.64. The van der Waals surface area contributed by atoms with Crippen LogP contribution in [-0.2, 0) is 9.59 Å². The van der Waals surface area contributed by atoms with Crippen LogP contribution in [0.15, 0.2) is 88.4 Å². The van der Waals surface area contributed by atoms with Crippen molar-refractivity contribution in [3.63, 3.8) is 0 Å². The quantitative estimate of drug-likeness (QED) is 0.333. The lowest BCUT2D eigenvalue weighted by Crippen LogP contribution is -2.20. The Hall–Kier alpha value is -3.54. The lowest BCUT2D eigenvalue weighted by atomic mass is 9.91. The standard InChI is InChI=1S/C21H19N3O3/c25-18-7-4-8-19(26)21(18)20(27)13-14-22-15-9-11-17(12-10-15)24-23-16-5-2-1-3-6-16/h1-3,5-6,9-14,22,27H,4,7-8H2/b14-13-,24-23?. The molecule has 6 heteroatoms. The zero-order valence-corrected chi connectivity index (χ0v) is 14.6. The summed E-state index contributed by atoms with van der Waals surface area (Å²) in [5, 5.41) is 21.3. The first kappa shape index (κ1) is 18.3. The van der Waals surface area contributed by atoms with Gasteiger partial charge in [-0.2, -0.15) is 10.2 Å². The van der Waals surface area contributed by atoms with Crippen molar-refractivity contribution in [3.8, 4) is 0 Å². The maximum atomic E-state index is 11.8. The Labute approximate surface area is 157 Å². The van der Waals surface area contributed by atoms with Crippen molar-refractivity contribution in [1.82, 2.24) is 0 Å². The summed E-state index contributed by atoms with van der Waals surface area (Å²) in [6, 6.07) is 16.7. The van der Waals surface area contributed by atoms with Gasteiger partial charge in [0.15, 0.2) is 11.6 Å². The van der Waals surface area contributed by atoms with Gasteiger partial charge in [-0.05, 0) is 48.9 Å². The second-order valence-corrected chi connectivity index (χ2v) is 6.02. The molecule has 0 amide bonds. The number of carbonyl (C=O) groups excluding carboxylic acids is 2. The number of anilines is 1. The van der Waals surface area contributed by atoms with Gasteiger partial charge >= 0.3 is 0 Å². The molecule has 0 heterocycles. The average molecular weight is 361 g/mol. The van der Waals surface area contributed by atoms with Crippen molar-refractivity contribution in [2.24, 2.45) is 10.2 Å². The lowest BCUT2D eigenvalue weighted by molar-refractivity contribution is -0.124. The summed E-state index contributed by atoms with van der Waals surface area (Å²) in [4.78, 5) is 23.5. The third kappa shape index (κ3) is 4.98. The van der Waals surface area contributed by atoms with E-state index in [9.17, 15) is 14.7 Å². The van der Waals surface area contributed by atoms with E-state index >= 15 is 0 Å². The summed E-state index contributed by atoms with van der Waals surface area (Å²) in [7, 11) is 0. The first-order valence-corrected chi connectivity index (χ1v) is 8.63. The highest BCUT2D eigenvalue weighted by molar-refractivity contribution is 6.22. The third-order valence-electron chi connectivity index (χ3n) is 4.02. The number of rotatable bonds is 5. The predicted molar refractivity (Wildman–Crippen MR) is 103 cm³/mol. The van der Waals surface area contributed by atoms with Crippen molar-refractivity contribution in [2.45, 2.75) is 19.3 Å². The SMILES string of the molecule is O=C1CCCC(=O)C1=C(O)/C=C\Nc1ccc(N=Nc2ccccc2)cc1. The minimum atomic E-state index is -0.304. The Morgan fingerprint density at radius 2 is 1.48 bits per heavy atom. The van der Waals surface area contributed by atoms with Gasteiger partial charge in [0.25, 0.3) is 0 Å². The number of aliphatic hydroxyl groups is 1. The first-order chi connectivity index (χ1) is 13.1. The molecule has 1 aliphatic carbocycles. The molecule has 0 bridgehead atoms. The minimum Gasteiger partial charge on any atom is -0.507 e. The number of ketones is 2. The van der Waals surface area contributed by atoms with E-state index in [1.165, 1.54) is 12.3 Å². The molecule has 1 aliphatic rings. The number of azo groups is 1. The van der Waals surface area contributed by atoms with E-state index in [4.69, 9.17) is 0 Å². The molecule has 1 fully saturated rings. The van der Waals surface area contributed by atoms with E-state index in [0.29, 0.717) is 24.9 Å². The molecule has 0 spiro atoms. The molecule has 0 radical (unpaired) electrons. The first-order valence-electron chi connectivity index (χ1n) is 8.63. The van der Waals surface area contributed by atoms with Crippen LogP contribution < -0.4 is 5.32 Å². The number of aliphatic hydroxyl groups excluding tert-OH is 1. The molecular formula is C21H19N3O3. The lowest BCUT2D eigenvalue weighted by Gasteiger charge is -2.12. The van der Waals surface area contributed by atoms with Gasteiger partial charge in [0.2, 0.25) is 0 Å². The van der Waals surface area contributed by atoms with Crippen LogP contribution in [0.4, 0.5) is 17.1 Å². The normalized spacial score (nSPS) is 14.9. The summed E-state index contributed by atoms with van der Waals surface area (Å²) in [5.41, 5.74) is 2.15. The molecule has 3 rings (SSSR count). The van der Waals surface area contributed by atoms with Gasteiger partial charge in [0, 0.05) is 24.7 Å². The van der Waals surface area contributed by atoms with Gasteiger partial charge < -0.3 is 10.4 Å². The van der Waals surface area contributed by atoms with Crippen LogP contribution >= 0.6 is 0 Å². The molecule has 1 saturated carbocycles. The third-order valence-corrected chi connectivity index (χ3v) is 4.02. The number of nitrogens with zero attached hydrogens (tertiary/aromatic N) is 2. The molecular weight excluding hydrogens is 342 g/mol. The molecule has 0 saturated heterocycles. The zero-order valence-electron chi connectivity index (χ0n) is 14.6.